The fourth-order valence-electron chi connectivity index (χ4n) is 1.30. The maximum atomic E-state index is 11.4. The molecule has 2 atom stereocenters. The Labute approximate surface area is 96.4 Å². The van der Waals surface area contributed by atoms with Gasteiger partial charge in [0.15, 0.2) is 0 Å². The second kappa shape index (κ2) is 7.22. The molecule has 0 aliphatic carbocycles. The van der Waals surface area contributed by atoms with E-state index in [4.69, 9.17) is 10.8 Å². The average molecular weight is 230 g/mol. The molecule has 0 bridgehead atoms. The Bertz CT molecular complexity index is 241. The molecule has 0 saturated heterocycles. The minimum absolute atomic E-state index is 0.00438. The average Bonchev–Trinajstić information content (AvgIpc) is 2.16. The van der Waals surface area contributed by atoms with Gasteiger partial charge in [0, 0.05) is 13.0 Å². The smallest absolute Gasteiger partial charge is 0.308 e. The lowest BCUT2D eigenvalue weighted by molar-refractivity contribution is -0.143. The molecule has 2 unspecified atom stereocenters. The van der Waals surface area contributed by atoms with Gasteiger partial charge in [-0.1, -0.05) is 20.8 Å². The molecular weight excluding hydrogens is 208 g/mol. The number of rotatable bonds is 7. The second-order valence-corrected chi connectivity index (χ2v) is 4.54. The molecule has 5 heteroatoms. The fourth-order valence-corrected chi connectivity index (χ4v) is 1.30. The summed E-state index contributed by atoms with van der Waals surface area (Å²) < 4.78 is 0. The van der Waals surface area contributed by atoms with E-state index >= 15 is 0 Å². The molecule has 0 spiro atoms. The fraction of sp³-hybridized carbons (Fsp3) is 0.818. The van der Waals surface area contributed by atoms with E-state index < -0.39 is 11.9 Å². The summed E-state index contributed by atoms with van der Waals surface area (Å²) in [6, 6.07) is 0. The molecule has 0 aliphatic rings. The van der Waals surface area contributed by atoms with E-state index in [9.17, 15) is 9.59 Å². The highest BCUT2D eigenvalue weighted by Gasteiger charge is 2.22. The highest BCUT2D eigenvalue weighted by Crippen LogP contribution is 2.10. The van der Waals surface area contributed by atoms with Gasteiger partial charge in [-0.2, -0.15) is 0 Å². The Balaban J connectivity index is 4.02. The second-order valence-electron chi connectivity index (χ2n) is 4.54. The predicted molar refractivity (Wildman–Crippen MR) is 61.8 cm³/mol. The van der Waals surface area contributed by atoms with Crippen molar-refractivity contribution in [1.29, 1.82) is 0 Å². The lowest BCUT2D eigenvalue weighted by Gasteiger charge is -2.17. The number of nitrogens with two attached hydrogens (primary N) is 1. The van der Waals surface area contributed by atoms with Gasteiger partial charge in [-0.3, -0.25) is 9.59 Å². The number of carbonyl (C=O) groups is 2. The standard InChI is InChI=1S/C11H22N2O3/c1-7(2)9(11(15)16)6-13-10(14)4-8(3)5-12/h7-9H,4-6,12H2,1-3H3,(H,13,14)(H,15,16). The molecular formula is C11H22N2O3. The van der Waals surface area contributed by atoms with Crippen molar-refractivity contribution in [1.82, 2.24) is 5.32 Å². The van der Waals surface area contributed by atoms with E-state index in [2.05, 4.69) is 5.32 Å². The molecule has 16 heavy (non-hydrogen) atoms. The van der Waals surface area contributed by atoms with E-state index in [0.717, 1.165) is 0 Å². The van der Waals surface area contributed by atoms with Gasteiger partial charge in [0.25, 0.3) is 0 Å². The Morgan fingerprint density at radius 3 is 2.25 bits per heavy atom. The Morgan fingerprint density at radius 2 is 1.88 bits per heavy atom. The SMILES string of the molecule is CC(CN)CC(=O)NCC(C(=O)O)C(C)C. The summed E-state index contributed by atoms with van der Waals surface area (Å²) in [4.78, 5) is 22.3. The molecule has 0 aliphatic heterocycles. The normalized spacial score (nSPS) is 14.6. The van der Waals surface area contributed by atoms with Crippen molar-refractivity contribution in [3.63, 3.8) is 0 Å². The first-order chi connectivity index (χ1) is 7.38. The summed E-state index contributed by atoms with van der Waals surface area (Å²) >= 11 is 0. The summed E-state index contributed by atoms with van der Waals surface area (Å²) in [6.07, 6.45) is 0.348. The lowest BCUT2D eigenvalue weighted by Crippen LogP contribution is -2.36. The van der Waals surface area contributed by atoms with E-state index in [1.165, 1.54) is 0 Å². The molecule has 0 fully saturated rings. The van der Waals surface area contributed by atoms with Gasteiger partial charge >= 0.3 is 5.97 Å². The van der Waals surface area contributed by atoms with Crippen LogP contribution in [0.4, 0.5) is 0 Å². The van der Waals surface area contributed by atoms with Crippen LogP contribution in [0.5, 0.6) is 0 Å². The van der Waals surface area contributed by atoms with Crippen LogP contribution in [0, 0.1) is 17.8 Å². The van der Waals surface area contributed by atoms with Crippen molar-refractivity contribution < 1.29 is 14.7 Å². The van der Waals surface area contributed by atoms with Crippen molar-refractivity contribution in [2.45, 2.75) is 27.2 Å². The molecule has 0 radical (unpaired) electrons. The van der Waals surface area contributed by atoms with Gasteiger partial charge in [0.1, 0.15) is 0 Å². The quantitative estimate of drug-likeness (QED) is 0.592. The van der Waals surface area contributed by atoms with Gasteiger partial charge in [-0.15, -0.1) is 0 Å². The molecule has 0 rings (SSSR count). The van der Waals surface area contributed by atoms with Crippen LogP contribution >= 0.6 is 0 Å². The zero-order valence-electron chi connectivity index (χ0n) is 10.2. The lowest BCUT2D eigenvalue weighted by atomic mass is 9.96. The number of aliphatic carboxylic acids is 1. The zero-order valence-corrected chi connectivity index (χ0v) is 10.2. The summed E-state index contributed by atoms with van der Waals surface area (Å²) in [5.74, 6) is -1.41. The first kappa shape index (κ1) is 14.9. The topological polar surface area (TPSA) is 92.4 Å². The number of nitrogens with one attached hydrogen (secondary N) is 1. The molecule has 0 saturated carbocycles. The summed E-state index contributed by atoms with van der Waals surface area (Å²) in [5.41, 5.74) is 5.40. The molecule has 1 amide bonds. The number of amides is 1. The van der Waals surface area contributed by atoms with E-state index in [0.29, 0.717) is 13.0 Å². The predicted octanol–water partition coefficient (Wildman–Crippen LogP) is 0.444. The van der Waals surface area contributed by atoms with Gasteiger partial charge in [0.2, 0.25) is 5.91 Å². The maximum absolute atomic E-state index is 11.4. The van der Waals surface area contributed by atoms with Crippen LogP contribution < -0.4 is 11.1 Å². The van der Waals surface area contributed by atoms with Crippen LogP contribution in [-0.4, -0.2) is 30.1 Å². The van der Waals surface area contributed by atoms with Crippen molar-refractivity contribution >= 4 is 11.9 Å². The van der Waals surface area contributed by atoms with Crippen LogP contribution in [0.25, 0.3) is 0 Å². The van der Waals surface area contributed by atoms with Gasteiger partial charge in [0.05, 0.1) is 5.92 Å². The third-order valence-corrected chi connectivity index (χ3v) is 2.58. The van der Waals surface area contributed by atoms with Crippen LogP contribution in [0.2, 0.25) is 0 Å². The number of carbonyl (C=O) groups excluding carboxylic acids is 1. The Kier molecular flexibility index (Phi) is 6.72. The minimum Gasteiger partial charge on any atom is -0.481 e. The third kappa shape index (κ3) is 5.70. The van der Waals surface area contributed by atoms with E-state index in [-0.39, 0.29) is 24.3 Å². The van der Waals surface area contributed by atoms with Crippen LogP contribution in [0.3, 0.4) is 0 Å². The molecule has 0 aromatic heterocycles. The van der Waals surface area contributed by atoms with Gasteiger partial charge < -0.3 is 16.2 Å². The summed E-state index contributed by atoms with van der Waals surface area (Å²) in [5, 5.41) is 11.5. The highest BCUT2D eigenvalue weighted by molar-refractivity contribution is 5.77. The van der Waals surface area contributed by atoms with Gasteiger partial charge in [-0.05, 0) is 18.4 Å². The molecule has 0 aromatic rings. The van der Waals surface area contributed by atoms with E-state index in [1.54, 1.807) is 0 Å². The first-order valence-electron chi connectivity index (χ1n) is 5.58. The molecule has 0 heterocycles. The van der Waals surface area contributed by atoms with Crippen molar-refractivity contribution in [2.75, 3.05) is 13.1 Å². The van der Waals surface area contributed by atoms with Gasteiger partial charge in [-0.25, -0.2) is 0 Å². The number of hydrogen-bond donors (Lipinski definition) is 3. The van der Waals surface area contributed by atoms with Crippen molar-refractivity contribution in [2.24, 2.45) is 23.5 Å². The Hall–Kier alpha value is -1.10. The first-order valence-corrected chi connectivity index (χ1v) is 5.58. The zero-order chi connectivity index (χ0) is 12.7. The highest BCUT2D eigenvalue weighted by atomic mass is 16.4. The van der Waals surface area contributed by atoms with Crippen LogP contribution in [0.15, 0.2) is 0 Å². The van der Waals surface area contributed by atoms with Crippen LogP contribution in [-0.2, 0) is 9.59 Å². The van der Waals surface area contributed by atoms with Crippen molar-refractivity contribution in [3.05, 3.63) is 0 Å². The summed E-state index contributed by atoms with van der Waals surface area (Å²) in [7, 11) is 0. The molecule has 4 N–H and O–H groups in total. The molecule has 0 aromatic carbocycles. The number of carboxylic acid groups (broad SMARTS) is 1. The van der Waals surface area contributed by atoms with Crippen molar-refractivity contribution in [3.8, 4) is 0 Å². The third-order valence-electron chi connectivity index (χ3n) is 2.58. The molecule has 94 valence electrons. The monoisotopic (exact) mass is 230 g/mol. The minimum atomic E-state index is -0.873. The largest absolute Gasteiger partial charge is 0.481 e. The summed E-state index contributed by atoms with van der Waals surface area (Å²) in [6.45, 7) is 6.18. The maximum Gasteiger partial charge on any atom is 0.308 e. The van der Waals surface area contributed by atoms with E-state index in [1.807, 2.05) is 20.8 Å². The number of hydrogen-bond acceptors (Lipinski definition) is 3. The number of carboxylic acids is 1. The molecule has 5 nitrogen and oxygen atoms in total. The van der Waals surface area contributed by atoms with Crippen LogP contribution in [0.1, 0.15) is 27.2 Å². The Morgan fingerprint density at radius 1 is 1.31 bits per heavy atom.